The molecule has 182 valence electrons. The highest BCUT2D eigenvalue weighted by Gasteiger charge is 2.63. The Balaban J connectivity index is 1.58. The molecule has 0 radical (unpaired) electrons. The molecule has 4 aliphatic rings. The van der Waals surface area contributed by atoms with E-state index in [9.17, 15) is 14.7 Å². The molecule has 1 aliphatic heterocycles. The number of carbonyl (C=O) groups is 2. The van der Waals surface area contributed by atoms with Gasteiger partial charge in [-0.2, -0.15) is 0 Å². The van der Waals surface area contributed by atoms with E-state index < -0.39 is 5.97 Å². The highest BCUT2D eigenvalue weighted by atomic mass is 16.4. The van der Waals surface area contributed by atoms with Crippen molar-refractivity contribution in [3.05, 3.63) is 0 Å². The van der Waals surface area contributed by atoms with Crippen LogP contribution in [0, 0.1) is 52.3 Å². The maximum atomic E-state index is 12.2. The number of amides is 1. The van der Waals surface area contributed by atoms with E-state index in [4.69, 9.17) is 0 Å². The maximum absolute atomic E-state index is 12.2. The van der Waals surface area contributed by atoms with E-state index >= 15 is 0 Å². The quantitative estimate of drug-likeness (QED) is 0.484. The molecule has 32 heavy (non-hydrogen) atoms. The normalized spacial score (nSPS) is 44.4. The van der Waals surface area contributed by atoms with E-state index in [1.54, 1.807) is 0 Å². The van der Waals surface area contributed by atoms with Crippen LogP contribution in [0.3, 0.4) is 0 Å². The van der Waals surface area contributed by atoms with Crippen LogP contribution in [-0.4, -0.2) is 23.0 Å². The third-order valence-electron chi connectivity index (χ3n) is 10.9. The average Bonchev–Trinajstić information content (AvgIpc) is 3.05. The van der Waals surface area contributed by atoms with Gasteiger partial charge in [0.15, 0.2) is 0 Å². The molecule has 4 rings (SSSR count). The van der Waals surface area contributed by atoms with Gasteiger partial charge in [0.25, 0.3) is 0 Å². The van der Waals surface area contributed by atoms with Crippen LogP contribution >= 0.6 is 0 Å². The predicted molar refractivity (Wildman–Crippen MR) is 128 cm³/mol. The van der Waals surface area contributed by atoms with Gasteiger partial charge in [-0.25, -0.2) is 0 Å². The lowest BCUT2D eigenvalue weighted by Crippen LogP contribution is -2.63. The van der Waals surface area contributed by atoms with Crippen LogP contribution in [0.1, 0.15) is 105 Å². The Morgan fingerprint density at radius 2 is 1.78 bits per heavy atom. The number of fused-ring (bicyclic) bond motifs is 5. The Kier molecular flexibility index (Phi) is 6.73. The topological polar surface area (TPSA) is 66.4 Å². The fourth-order valence-corrected chi connectivity index (χ4v) is 9.31. The first kappa shape index (κ1) is 24.1. The Labute approximate surface area is 195 Å². The van der Waals surface area contributed by atoms with Crippen molar-refractivity contribution >= 4 is 11.9 Å². The third kappa shape index (κ3) is 4.13. The lowest BCUT2D eigenvalue weighted by Gasteiger charge is -2.62. The second-order valence-corrected chi connectivity index (χ2v) is 13.0. The van der Waals surface area contributed by atoms with Gasteiger partial charge in [0.1, 0.15) is 0 Å². The minimum atomic E-state index is -0.664. The Morgan fingerprint density at radius 1 is 1.06 bits per heavy atom. The molecule has 4 heteroatoms. The molecule has 1 saturated heterocycles. The molecular formula is C28H47NO3. The van der Waals surface area contributed by atoms with Crippen LogP contribution in [0.15, 0.2) is 0 Å². The lowest BCUT2D eigenvalue weighted by atomic mass is 9.44. The summed E-state index contributed by atoms with van der Waals surface area (Å²) in [7, 11) is 0. The Hall–Kier alpha value is -1.06. The minimum Gasteiger partial charge on any atom is -0.481 e. The first-order chi connectivity index (χ1) is 15.1. The van der Waals surface area contributed by atoms with E-state index in [0.717, 1.165) is 30.6 Å². The van der Waals surface area contributed by atoms with Gasteiger partial charge in [-0.05, 0) is 90.8 Å². The summed E-state index contributed by atoms with van der Waals surface area (Å²) in [5.41, 5.74) is 0.492. The molecule has 0 aromatic carbocycles. The van der Waals surface area contributed by atoms with Gasteiger partial charge in [-0.1, -0.05) is 53.9 Å². The SMILES string of the molecule is CC(C)CCCC(C)C1CCC2C3C(CC(=O)O)CC4NC(=O)CC[C@]4(C)C3CC[C@]12C. The van der Waals surface area contributed by atoms with Crippen LogP contribution in [-0.2, 0) is 9.59 Å². The summed E-state index contributed by atoms with van der Waals surface area (Å²) >= 11 is 0. The van der Waals surface area contributed by atoms with Crippen molar-refractivity contribution in [3.63, 3.8) is 0 Å². The smallest absolute Gasteiger partial charge is 0.303 e. The summed E-state index contributed by atoms with van der Waals surface area (Å²) < 4.78 is 0. The summed E-state index contributed by atoms with van der Waals surface area (Å²) in [5.74, 6) is 3.75. The summed E-state index contributed by atoms with van der Waals surface area (Å²) in [6.45, 7) is 12.1. The maximum Gasteiger partial charge on any atom is 0.303 e. The number of nitrogens with one attached hydrogen (secondary N) is 1. The fourth-order valence-electron chi connectivity index (χ4n) is 9.31. The zero-order valence-electron chi connectivity index (χ0n) is 21.2. The fraction of sp³-hybridized carbons (Fsp3) is 0.929. The number of hydrogen-bond acceptors (Lipinski definition) is 2. The van der Waals surface area contributed by atoms with Crippen LogP contribution in [0.25, 0.3) is 0 Å². The van der Waals surface area contributed by atoms with Crippen LogP contribution in [0.4, 0.5) is 0 Å². The molecule has 9 atom stereocenters. The Bertz CT molecular complexity index is 719. The van der Waals surface area contributed by atoms with Crippen molar-refractivity contribution in [2.75, 3.05) is 0 Å². The highest BCUT2D eigenvalue weighted by molar-refractivity contribution is 5.77. The van der Waals surface area contributed by atoms with Gasteiger partial charge in [-0.15, -0.1) is 0 Å². The van der Waals surface area contributed by atoms with Crippen LogP contribution in [0.2, 0.25) is 0 Å². The first-order valence-electron chi connectivity index (χ1n) is 13.6. The van der Waals surface area contributed by atoms with Crippen molar-refractivity contribution in [2.24, 2.45) is 52.3 Å². The second-order valence-electron chi connectivity index (χ2n) is 13.0. The number of carboxylic acid groups (broad SMARTS) is 1. The van der Waals surface area contributed by atoms with E-state index in [0.29, 0.717) is 29.6 Å². The molecule has 4 nitrogen and oxygen atoms in total. The van der Waals surface area contributed by atoms with Crippen molar-refractivity contribution < 1.29 is 14.7 Å². The van der Waals surface area contributed by atoms with Crippen molar-refractivity contribution in [1.29, 1.82) is 0 Å². The molecule has 7 unspecified atom stereocenters. The summed E-state index contributed by atoms with van der Waals surface area (Å²) in [6.07, 6.45) is 11.8. The van der Waals surface area contributed by atoms with Gasteiger partial charge in [0.05, 0.1) is 0 Å². The molecule has 3 saturated carbocycles. The van der Waals surface area contributed by atoms with E-state index in [-0.39, 0.29) is 29.7 Å². The second kappa shape index (κ2) is 8.95. The van der Waals surface area contributed by atoms with Gasteiger partial charge in [-0.3, -0.25) is 9.59 Å². The molecule has 0 spiro atoms. The number of hydrogen-bond donors (Lipinski definition) is 2. The molecule has 0 aromatic rings. The lowest BCUT2D eigenvalue weighted by molar-refractivity contribution is -0.154. The highest BCUT2D eigenvalue weighted by Crippen LogP contribution is 2.68. The number of piperidine rings is 1. The van der Waals surface area contributed by atoms with Gasteiger partial charge in [0, 0.05) is 18.9 Å². The van der Waals surface area contributed by atoms with Crippen LogP contribution < -0.4 is 5.32 Å². The molecule has 0 aromatic heterocycles. The van der Waals surface area contributed by atoms with E-state index in [1.165, 1.54) is 44.9 Å². The molecule has 4 fully saturated rings. The molecular weight excluding hydrogens is 398 g/mol. The average molecular weight is 446 g/mol. The van der Waals surface area contributed by atoms with Crippen molar-refractivity contribution in [2.45, 2.75) is 111 Å². The molecule has 2 N–H and O–H groups in total. The molecule has 1 heterocycles. The number of carbonyl (C=O) groups excluding carboxylic acids is 1. The van der Waals surface area contributed by atoms with Gasteiger partial charge >= 0.3 is 5.97 Å². The van der Waals surface area contributed by atoms with Crippen molar-refractivity contribution in [3.8, 4) is 0 Å². The summed E-state index contributed by atoms with van der Waals surface area (Å²) in [5, 5.41) is 13.1. The Morgan fingerprint density at radius 3 is 2.47 bits per heavy atom. The van der Waals surface area contributed by atoms with Gasteiger partial charge in [0.2, 0.25) is 5.91 Å². The summed E-state index contributed by atoms with van der Waals surface area (Å²) in [6, 6.07) is 0.158. The van der Waals surface area contributed by atoms with Crippen LogP contribution in [0.5, 0.6) is 0 Å². The van der Waals surface area contributed by atoms with Crippen molar-refractivity contribution in [1.82, 2.24) is 5.32 Å². The summed E-state index contributed by atoms with van der Waals surface area (Å²) in [4.78, 5) is 24.1. The standard InChI is InChI=1S/C28H47NO3/c1-17(2)7-6-8-18(3)20-9-10-21-26-19(16-25(31)32)15-23-28(5,14-12-24(30)29-23)22(26)11-13-27(20,21)4/h17-23,26H,6-16H2,1-5H3,(H,29,30)(H,31,32)/t18?,19?,20?,21?,22?,23?,26?,27-,28-/m1/s1. The monoisotopic (exact) mass is 445 g/mol. The number of aliphatic carboxylic acids is 1. The van der Waals surface area contributed by atoms with E-state index in [1.807, 2.05) is 0 Å². The largest absolute Gasteiger partial charge is 0.481 e. The molecule has 1 amide bonds. The first-order valence-corrected chi connectivity index (χ1v) is 13.6. The van der Waals surface area contributed by atoms with Gasteiger partial charge < -0.3 is 10.4 Å². The third-order valence-corrected chi connectivity index (χ3v) is 10.9. The minimum absolute atomic E-state index is 0.135. The zero-order chi connectivity index (χ0) is 23.3. The molecule has 3 aliphatic carbocycles. The molecule has 0 bridgehead atoms. The van der Waals surface area contributed by atoms with E-state index in [2.05, 4.69) is 39.9 Å². The number of rotatable bonds is 7. The zero-order valence-corrected chi connectivity index (χ0v) is 21.2. The number of carboxylic acids is 1. The predicted octanol–water partition coefficient (Wildman–Crippen LogP) is 6.29.